The highest BCUT2D eigenvalue weighted by Crippen LogP contribution is 2.16. The van der Waals surface area contributed by atoms with Gasteiger partial charge in [-0.15, -0.1) is 0 Å². The van der Waals surface area contributed by atoms with Crippen LogP contribution in [0.4, 0.5) is 5.69 Å². The van der Waals surface area contributed by atoms with E-state index in [9.17, 15) is 13.2 Å². The van der Waals surface area contributed by atoms with Crippen molar-refractivity contribution in [2.45, 2.75) is 17.7 Å². The third kappa shape index (κ3) is 3.58. The monoisotopic (exact) mass is 295 g/mol. The number of benzene rings is 1. The summed E-state index contributed by atoms with van der Waals surface area (Å²) >= 11 is 0. The van der Waals surface area contributed by atoms with Crippen LogP contribution in [0.15, 0.2) is 41.6 Å². The van der Waals surface area contributed by atoms with Gasteiger partial charge < -0.3 is 5.11 Å². The second kappa shape index (κ2) is 5.74. The fraction of sp³-hybridized carbons (Fsp3) is 0.167. The smallest absolute Gasteiger partial charge is 0.303 e. The molecule has 0 amide bonds. The largest absolute Gasteiger partial charge is 0.481 e. The number of nitrogens with one attached hydrogen (secondary N) is 2. The van der Waals surface area contributed by atoms with Crippen LogP contribution in [0.5, 0.6) is 0 Å². The summed E-state index contributed by atoms with van der Waals surface area (Å²) in [4.78, 5) is 10.5. The van der Waals surface area contributed by atoms with Crippen LogP contribution in [0.1, 0.15) is 12.0 Å². The lowest BCUT2D eigenvalue weighted by molar-refractivity contribution is -0.136. The van der Waals surface area contributed by atoms with Crippen LogP contribution >= 0.6 is 0 Å². The van der Waals surface area contributed by atoms with E-state index in [1.165, 1.54) is 12.4 Å². The van der Waals surface area contributed by atoms with E-state index in [0.29, 0.717) is 12.1 Å². The van der Waals surface area contributed by atoms with Crippen molar-refractivity contribution < 1.29 is 18.3 Å². The van der Waals surface area contributed by atoms with Crippen LogP contribution in [0, 0.1) is 0 Å². The van der Waals surface area contributed by atoms with Gasteiger partial charge >= 0.3 is 5.97 Å². The number of nitrogens with zero attached hydrogens (tertiary/aromatic N) is 1. The SMILES string of the molecule is O=C(O)CCc1ccc(NS(=O)(=O)c2cn[nH]c2)cc1. The zero-order chi connectivity index (χ0) is 14.6. The Morgan fingerprint density at radius 1 is 1.30 bits per heavy atom. The van der Waals surface area contributed by atoms with E-state index in [0.717, 1.165) is 5.56 Å². The highest BCUT2D eigenvalue weighted by Gasteiger charge is 2.14. The van der Waals surface area contributed by atoms with E-state index >= 15 is 0 Å². The third-order valence-corrected chi connectivity index (χ3v) is 3.97. The molecule has 0 aliphatic rings. The average Bonchev–Trinajstić information content (AvgIpc) is 2.92. The molecule has 1 aromatic heterocycles. The number of aromatic amines is 1. The fourth-order valence-corrected chi connectivity index (χ4v) is 2.55. The maximum atomic E-state index is 11.9. The second-order valence-electron chi connectivity index (χ2n) is 4.13. The number of carboxylic acid groups (broad SMARTS) is 1. The van der Waals surface area contributed by atoms with Crippen LogP contribution in [-0.4, -0.2) is 29.7 Å². The van der Waals surface area contributed by atoms with Gasteiger partial charge in [0.25, 0.3) is 10.0 Å². The van der Waals surface area contributed by atoms with Gasteiger partial charge in [0.15, 0.2) is 0 Å². The molecule has 3 N–H and O–H groups in total. The standard InChI is InChI=1S/C12H13N3O4S/c16-12(17)6-3-9-1-4-10(5-2-9)15-20(18,19)11-7-13-14-8-11/h1-2,4-5,7-8,15H,3,6H2,(H,13,14)(H,16,17). The molecule has 0 bridgehead atoms. The number of rotatable bonds is 6. The second-order valence-corrected chi connectivity index (χ2v) is 5.81. The Morgan fingerprint density at radius 2 is 2.00 bits per heavy atom. The van der Waals surface area contributed by atoms with E-state index in [2.05, 4.69) is 14.9 Å². The molecule has 2 aromatic rings. The number of aryl methyl sites for hydroxylation is 1. The summed E-state index contributed by atoms with van der Waals surface area (Å²) in [6, 6.07) is 6.57. The van der Waals surface area contributed by atoms with Crippen molar-refractivity contribution in [2.75, 3.05) is 4.72 Å². The minimum absolute atomic E-state index is 0.0418. The first-order valence-electron chi connectivity index (χ1n) is 5.80. The van der Waals surface area contributed by atoms with Gasteiger partial charge in [-0.05, 0) is 24.1 Å². The Hall–Kier alpha value is -2.35. The molecule has 1 heterocycles. The topological polar surface area (TPSA) is 112 Å². The van der Waals surface area contributed by atoms with Gasteiger partial charge in [0.2, 0.25) is 0 Å². The zero-order valence-corrected chi connectivity index (χ0v) is 11.2. The van der Waals surface area contributed by atoms with E-state index in [4.69, 9.17) is 5.11 Å². The van der Waals surface area contributed by atoms with Crippen molar-refractivity contribution in [1.29, 1.82) is 0 Å². The number of hydrogen-bond acceptors (Lipinski definition) is 4. The van der Waals surface area contributed by atoms with Gasteiger partial charge in [0, 0.05) is 18.3 Å². The molecule has 0 unspecified atom stereocenters. The summed E-state index contributed by atoms with van der Waals surface area (Å²) < 4.78 is 26.2. The van der Waals surface area contributed by atoms with Crippen LogP contribution in [0.3, 0.4) is 0 Å². The van der Waals surface area contributed by atoms with Gasteiger partial charge in [-0.3, -0.25) is 14.6 Å². The summed E-state index contributed by atoms with van der Waals surface area (Å²) in [6.07, 6.45) is 2.94. The van der Waals surface area contributed by atoms with Crippen molar-refractivity contribution >= 4 is 21.7 Å². The Labute approximate surface area is 115 Å². The highest BCUT2D eigenvalue weighted by molar-refractivity contribution is 7.92. The fourth-order valence-electron chi connectivity index (χ4n) is 1.59. The third-order valence-electron chi connectivity index (χ3n) is 2.62. The van der Waals surface area contributed by atoms with Crippen LogP contribution in [0.2, 0.25) is 0 Å². The van der Waals surface area contributed by atoms with Gasteiger partial charge in [0.1, 0.15) is 4.90 Å². The Kier molecular flexibility index (Phi) is 4.04. The average molecular weight is 295 g/mol. The predicted molar refractivity (Wildman–Crippen MR) is 71.8 cm³/mol. The molecule has 0 aliphatic carbocycles. The molecule has 0 fully saturated rings. The van der Waals surface area contributed by atoms with Crippen molar-refractivity contribution in [3.8, 4) is 0 Å². The van der Waals surface area contributed by atoms with Crippen molar-refractivity contribution in [1.82, 2.24) is 10.2 Å². The van der Waals surface area contributed by atoms with Gasteiger partial charge in [-0.25, -0.2) is 8.42 Å². The molecule has 0 saturated heterocycles. The number of aliphatic carboxylic acids is 1. The molecule has 0 radical (unpaired) electrons. The quantitative estimate of drug-likeness (QED) is 0.742. The Balaban J connectivity index is 2.06. The molecule has 0 atom stereocenters. The van der Waals surface area contributed by atoms with E-state index in [-0.39, 0.29) is 11.3 Å². The molecular weight excluding hydrogens is 282 g/mol. The number of sulfonamides is 1. The lowest BCUT2D eigenvalue weighted by atomic mass is 10.1. The maximum Gasteiger partial charge on any atom is 0.303 e. The van der Waals surface area contributed by atoms with Crippen molar-refractivity contribution in [3.63, 3.8) is 0 Å². The van der Waals surface area contributed by atoms with Gasteiger partial charge in [0.05, 0.1) is 6.20 Å². The zero-order valence-electron chi connectivity index (χ0n) is 10.4. The van der Waals surface area contributed by atoms with E-state index in [1.54, 1.807) is 24.3 Å². The molecular formula is C12H13N3O4S. The molecule has 1 aromatic carbocycles. The van der Waals surface area contributed by atoms with Crippen molar-refractivity contribution in [2.24, 2.45) is 0 Å². The lowest BCUT2D eigenvalue weighted by Gasteiger charge is -2.07. The number of carboxylic acids is 1. The summed E-state index contributed by atoms with van der Waals surface area (Å²) in [5.41, 5.74) is 1.24. The molecule has 0 aliphatic heterocycles. The minimum Gasteiger partial charge on any atom is -0.481 e. The summed E-state index contributed by atoms with van der Waals surface area (Å²) in [7, 11) is -3.65. The maximum absolute atomic E-state index is 11.9. The van der Waals surface area contributed by atoms with Crippen LogP contribution < -0.4 is 4.72 Å². The summed E-state index contributed by atoms with van der Waals surface area (Å²) in [6.45, 7) is 0. The molecule has 0 spiro atoms. The summed E-state index contributed by atoms with van der Waals surface area (Å²) in [5.74, 6) is -0.866. The van der Waals surface area contributed by atoms with Crippen molar-refractivity contribution in [3.05, 3.63) is 42.2 Å². The molecule has 20 heavy (non-hydrogen) atoms. The normalized spacial score (nSPS) is 11.2. The predicted octanol–water partition coefficient (Wildman–Crippen LogP) is 1.23. The first-order chi connectivity index (χ1) is 9.47. The first-order valence-corrected chi connectivity index (χ1v) is 7.28. The van der Waals surface area contributed by atoms with E-state index < -0.39 is 16.0 Å². The number of carbonyl (C=O) groups is 1. The number of hydrogen-bond donors (Lipinski definition) is 3. The van der Waals surface area contributed by atoms with E-state index in [1.807, 2.05) is 0 Å². The number of aromatic nitrogens is 2. The molecule has 2 rings (SSSR count). The lowest BCUT2D eigenvalue weighted by Crippen LogP contribution is -2.12. The highest BCUT2D eigenvalue weighted by atomic mass is 32.2. The number of anilines is 1. The molecule has 8 heteroatoms. The first kappa shape index (κ1) is 14.1. The van der Waals surface area contributed by atoms with Crippen LogP contribution in [0.25, 0.3) is 0 Å². The minimum atomic E-state index is -3.65. The molecule has 0 saturated carbocycles. The molecule has 106 valence electrons. The Bertz CT molecular complexity index is 678. The van der Waals surface area contributed by atoms with Crippen LogP contribution in [-0.2, 0) is 21.2 Å². The summed E-state index contributed by atoms with van der Waals surface area (Å²) in [5, 5.41) is 14.6. The van der Waals surface area contributed by atoms with Gasteiger partial charge in [-0.2, -0.15) is 5.10 Å². The Morgan fingerprint density at radius 3 is 2.55 bits per heavy atom. The molecule has 7 nitrogen and oxygen atoms in total. The van der Waals surface area contributed by atoms with Gasteiger partial charge in [-0.1, -0.05) is 12.1 Å². The number of H-pyrrole nitrogens is 1.